The summed E-state index contributed by atoms with van der Waals surface area (Å²) in [6.07, 6.45) is 2.11. The normalized spacial score (nSPS) is 12.9. The first-order valence-electron chi connectivity index (χ1n) is 9.64. The number of amides is 1. The zero-order valence-corrected chi connectivity index (χ0v) is 18.8. The van der Waals surface area contributed by atoms with Crippen LogP contribution in [0.25, 0.3) is 0 Å². The van der Waals surface area contributed by atoms with E-state index in [-0.39, 0.29) is 17.5 Å². The van der Waals surface area contributed by atoms with Gasteiger partial charge in [0.1, 0.15) is 11.9 Å². The van der Waals surface area contributed by atoms with Crippen molar-refractivity contribution in [2.24, 2.45) is 5.92 Å². The van der Waals surface area contributed by atoms with Crippen molar-refractivity contribution in [3.8, 4) is 5.75 Å². The largest absolute Gasteiger partial charge is 0.508 e. The van der Waals surface area contributed by atoms with E-state index >= 15 is 0 Å². The van der Waals surface area contributed by atoms with Crippen molar-refractivity contribution in [1.82, 2.24) is 0 Å². The van der Waals surface area contributed by atoms with Gasteiger partial charge in [-0.2, -0.15) is 0 Å². The molecule has 3 N–H and O–H groups in total. The van der Waals surface area contributed by atoms with Gasteiger partial charge in [0.25, 0.3) is 0 Å². The lowest BCUT2D eigenvalue weighted by atomic mass is 9.92. The average molecular weight is 490 g/mol. The minimum Gasteiger partial charge on any atom is -0.508 e. The number of nitrogens with one attached hydrogen (secondary N) is 1. The molecule has 0 spiro atoms. The third-order valence-electron chi connectivity index (χ3n) is 4.63. The Morgan fingerprint density at radius 2 is 1.84 bits per heavy atom. The topological polar surface area (TPSA) is 113 Å². The molecule has 0 fully saturated rings. The molecule has 0 radical (unpaired) electrons. The molecule has 0 saturated carbocycles. The number of Topliss-reactive ketones (excluding diaryl/α,β-unsaturated/α-hetero) is 1. The number of carboxylic acid groups (broad SMARTS) is 1. The molecule has 2 aromatic carbocycles. The quantitative estimate of drug-likeness (QED) is 0.307. The Balaban J connectivity index is 2.17. The van der Waals surface area contributed by atoms with Crippen LogP contribution in [0.1, 0.15) is 48.7 Å². The van der Waals surface area contributed by atoms with Crippen molar-refractivity contribution < 1.29 is 29.3 Å². The minimum atomic E-state index is -1.03. The molecule has 0 heterocycles. The second kappa shape index (κ2) is 11.3. The third kappa shape index (κ3) is 7.57. The summed E-state index contributed by atoms with van der Waals surface area (Å²) in [5.74, 6) is -1.34. The van der Waals surface area contributed by atoms with Crippen molar-refractivity contribution >= 4 is 39.5 Å². The number of aromatic hydroxyl groups is 1. The van der Waals surface area contributed by atoms with Crippen LogP contribution in [0.3, 0.4) is 0 Å². The summed E-state index contributed by atoms with van der Waals surface area (Å²) in [4.78, 5) is 34.6. The average Bonchev–Trinajstić information content (AvgIpc) is 2.71. The van der Waals surface area contributed by atoms with Gasteiger partial charge in [-0.05, 0) is 68.1 Å². The highest BCUT2D eigenvalue weighted by Gasteiger charge is 2.26. The highest BCUT2D eigenvalue weighted by molar-refractivity contribution is 9.10. The molecule has 1 amide bonds. The summed E-state index contributed by atoms with van der Waals surface area (Å²) in [7, 11) is 0. The van der Waals surface area contributed by atoms with Crippen LogP contribution in [-0.4, -0.2) is 28.1 Å². The van der Waals surface area contributed by atoms with E-state index in [9.17, 15) is 19.5 Å². The Kier molecular flexibility index (Phi) is 8.81. The molecule has 0 bridgehead atoms. The molecule has 0 aromatic heterocycles. The van der Waals surface area contributed by atoms with Crippen LogP contribution in [0.15, 0.2) is 59.1 Å². The second-order valence-electron chi connectivity index (χ2n) is 7.08. The first kappa shape index (κ1) is 24.1. The number of carbonyl (C=O) groups is 3. The molecule has 2 rings (SSSR count). The van der Waals surface area contributed by atoms with Crippen LogP contribution < -0.4 is 5.32 Å². The number of ketones is 1. The molecule has 164 valence electrons. The first-order valence-corrected chi connectivity index (χ1v) is 10.4. The lowest BCUT2D eigenvalue weighted by Gasteiger charge is -2.25. The second-order valence-corrected chi connectivity index (χ2v) is 8.00. The number of halogens is 1. The van der Waals surface area contributed by atoms with Gasteiger partial charge >= 0.3 is 12.1 Å². The van der Waals surface area contributed by atoms with E-state index in [0.29, 0.717) is 34.1 Å². The lowest BCUT2D eigenvalue weighted by molar-refractivity contribution is -0.131. The number of carboxylic acids is 1. The SMILES string of the molecule is CC(=O)c1ccc(NC(=O)O[C@@H](c2cc(Br)ccc2O)[C@H](C)CC/C=C/C(=O)O)cc1. The van der Waals surface area contributed by atoms with Crippen molar-refractivity contribution in [3.05, 3.63) is 70.2 Å². The van der Waals surface area contributed by atoms with E-state index in [0.717, 1.165) is 6.08 Å². The van der Waals surface area contributed by atoms with Gasteiger partial charge in [-0.25, -0.2) is 9.59 Å². The molecule has 31 heavy (non-hydrogen) atoms. The molecule has 7 nitrogen and oxygen atoms in total. The Labute approximate surface area is 188 Å². The number of aliphatic carboxylic acids is 1. The Morgan fingerprint density at radius 1 is 1.16 bits per heavy atom. The maximum absolute atomic E-state index is 12.5. The molecule has 0 saturated heterocycles. The first-order chi connectivity index (χ1) is 14.7. The summed E-state index contributed by atoms with van der Waals surface area (Å²) < 4.78 is 6.37. The van der Waals surface area contributed by atoms with Crippen LogP contribution >= 0.6 is 15.9 Å². The van der Waals surface area contributed by atoms with Crippen LogP contribution in [0.5, 0.6) is 5.75 Å². The number of allylic oxidation sites excluding steroid dienone is 1. The molecule has 2 aromatic rings. The summed E-state index contributed by atoms with van der Waals surface area (Å²) in [6.45, 7) is 3.31. The van der Waals surface area contributed by atoms with E-state index in [1.54, 1.807) is 36.4 Å². The molecule has 0 unspecified atom stereocenters. The zero-order chi connectivity index (χ0) is 23.0. The fourth-order valence-corrected chi connectivity index (χ4v) is 3.36. The number of hydrogen-bond donors (Lipinski definition) is 3. The molecule has 8 heteroatoms. The number of carbonyl (C=O) groups excluding carboxylic acids is 2. The smallest absolute Gasteiger partial charge is 0.412 e. The Hall–Kier alpha value is -3.13. The number of rotatable bonds is 9. The van der Waals surface area contributed by atoms with E-state index in [1.165, 1.54) is 19.1 Å². The summed E-state index contributed by atoms with van der Waals surface area (Å²) in [5, 5.41) is 21.7. The van der Waals surface area contributed by atoms with Crippen LogP contribution in [0, 0.1) is 5.92 Å². The van der Waals surface area contributed by atoms with E-state index in [1.807, 2.05) is 6.92 Å². The van der Waals surface area contributed by atoms with Gasteiger partial charge < -0.3 is 14.9 Å². The molecular formula is C23H24BrNO6. The van der Waals surface area contributed by atoms with E-state index < -0.39 is 18.2 Å². The monoisotopic (exact) mass is 489 g/mol. The number of anilines is 1. The van der Waals surface area contributed by atoms with E-state index in [2.05, 4.69) is 21.2 Å². The van der Waals surface area contributed by atoms with Gasteiger partial charge in [0.05, 0.1) is 0 Å². The Bertz CT molecular complexity index is 971. The van der Waals surface area contributed by atoms with Crippen molar-refractivity contribution in [1.29, 1.82) is 0 Å². The Morgan fingerprint density at radius 3 is 2.45 bits per heavy atom. The number of phenols is 1. The number of phenolic OH excluding ortho intramolecular Hbond substituents is 1. The van der Waals surface area contributed by atoms with Crippen LogP contribution in [0.2, 0.25) is 0 Å². The van der Waals surface area contributed by atoms with Gasteiger partial charge in [0.2, 0.25) is 0 Å². The fourth-order valence-electron chi connectivity index (χ4n) is 2.98. The summed E-state index contributed by atoms with van der Waals surface area (Å²) in [6, 6.07) is 11.3. The fraction of sp³-hybridized carbons (Fsp3) is 0.261. The van der Waals surface area contributed by atoms with Crippen molar-refractivity contribution in [2.45, 2.75) is 32.8 Å². The molecule has 0 aliphatic heterocycles. The van der Waals surface area contributed by atoms with Gasteiger partial charge in [0, 0.05) is 27.4 Å². The maximum atomic E-state index is 12.5. The predicted molar refractivity (Wildman–Crippen MR) is 120 cm³/mol. The molecule has 2 atom stereocenters. The predicted octanol–water partition coefficient (Wildman–Crippen LogP) is 5.70. The van der Waals surface area contributed by atoms with Gasteiger partial charge in [-0.1, -0.05) is 28.9 Å². The van der Waals surface area contributed by atoms with Crippen molar-refractivity contribution in [2.75, 3.05) is 5.32 Å². The van der Waals surface area contributed by atoms with Crippen LogP contribution in [-0.2, 0) is 9.53 Å². The zero-order valence-electron chi connectivity index (χ0n) is 17.2. The summed E-state index contributed by atoms with van der Waals surface area (Å²) in [5.41, 5.74) is 1.43. The standard InChI is InChI=1S/C23H24BrNO6/c1-14(5-3-4-6-21(28)29)22(19-13-17(24)9-12-20(19)27)31-23(30)25-18-10-7-16(8-11-18)15(2)26/h4,6-14,22,27H,3,5H2,1-2H3,(H,25,30)(H,28,29)/b6-4+/t14-,22-/m1/s1. The van der Waals surface area contributed by atoms with Gasteiger partial charge in [-0.3, -0.25) is 10.1 Å². The van der Waals surface area contributed by atoms with Crippen molar-refractivity contribution in [3.63, 3.8) is 0 Å². The highest BCUT2D eigenvalue weighted by Crippen LogP contribution is 2.36. The number of ether oxygens (including phenoxy) is 1. The molecular weight excluding hydrogens is 466 g/mol. The minimum absolute atomic E-state index is 0.0141. The van der Waals surface area contributed by atoms with Crippen LogP contribution in [0.4, 0.5) is 10.5 Å². The van der Waals surface area contributed by atoms with Gasteiger partial charge in [0.15, 0.2) is 5.78 Å². The van der Waals surface area contributed by atoms with Gasteiger partial charge in [-0.15, -0.1) is 0 Å². The number of hydrogen-bond acceptors (Lipinski definition) is 5. The third-order valence-corrected chi connectivity index (χ3v) is 5.13. The number of benzene rings is 2. The lowest BCUT2D eigenvalue weighted by Crippen LogP contribution is -2.22. The summed E-state index contributed by atoms with van der Waals surface area (Å²) >= 11 is 3.36. The molecule has 0 aliphatic rings. The highest BCUT2D eigenvalue weighted by atomic mass is 79.9. The maximum Gasteiger partial charge on any atom is 0.412 e. The molecule has 0 aliphatic carbocycles. The van der Waals surface area contributed by atoms with E-state index in [4.69, 9.17) is 9.84 Å².